The lowest BCUT2D eigenvalue weighted by Crippen LogP contribution is -2.59. The lowest BCUT2D eigenvalue weighted by molar-refractivity contribution is -0.141. The number of esters is 1. The van der Waals surface area contributed by atoms with Crippen molar-refractivity contribution in [3.05, 3.63) is 87.2 Å². The number of aromatic nitrogens is 2. The van der Waals surface area contributed by atoms with Gasteiger partial charge >= 0.3 is 5.97 Å². The van der Waals surface area contributed by atoms with Crippen LogP contribution in [0.3, 0.4) is 0 Å². The zero-order chi connectivity index (χ0) is 34.1. The van der Waals surface area contributed by atoms with E-state index in [1.54, 1.807) is 68.1 Å². The number of carbonyl (C=O) groups is 3. The van der Waals surface area contributed by atoms with Crippen LogP contribution in [0.5, 0.6) is 0 Å². The Morgan fingerprint density at radius 3 is 2.47 bits per heavy atom. The monoisotopic (exact) mass is 705 g/mol. The number of sulfonamides is 1. The number of rotatable bonds is 9. The van der Waals surface area contributed by atoms with Crippen molar-refractivity contribution in [2.45, 2.75) is 82.8 Å². The van der Waals surface area contributed by atoms with E-state index in [4.69, 9.17) is 32.8 Å². The molecule has 2 aromatic carbocycles. The average molecular weight is 707 g/mol. The highest BCUT2D eigenvalue weighted by Crippen LogP contribution is 2.47. The molecule has 1 aliphatic carbocycles. The van der Waals surface area contributed by atoms with Crippen molar-refractivity contribution in [3.8, 4) is 0 Å². The van der Waals surface area contributed by atoms with Crippen molar-refractivity contribution in [1.29, 1.82) is 0 Å². The molecule has 0 saturated heterocycles. The second-order valence-corrected chi connectivity index (χ2v) is 15.3. The van der Waals surface area contributed by atoms with Crippen LogP contribution < -0.4 is 10.2 Å². The van der Waals surface area contributed by atoms with Crippen LogP contribution in [0.2, 0.25) is 10.0 Å². The largest absolute Gasteiger partial charge is 0.455 e. The number of nitrogens with zero attached hydrogens (tertiary/aromatic N) is 3. The van der Waals surface area contributed by atoms with Crippen LogP contribution in [-0.4, -0.2) is 64.8 Å². The Kier molecular flexibility index (Phi) is 10.3. The van der Waals surface area contributed by atoms with Gasteiger partial charge in [-0.2, -0.15) is 5.10 Å². The zero-order valence-corrected chi connectivity index (χ0v) is 28.7. The van der Waals surface area contributed by atoms with Crippen LogP contribution in [0.1, 0.15) is 90.4 Å². The number of benzene rings is 2. The predicted molar refractivity (Wildman–Crippen MR) is 175 cm³/mol. The van der Waals surface area contributed by atoms with Crippen molar-refractivity contribution < 1.29 is 32.4 Å². The fraction of sp³-hybridized carbons (Fsp3) is 0.438. The van der Waals surface area contributed by atoms with Gasteiger partial charge in [0.1, 0.15) is 5.60 Å². The first-order chi connectivity index (χ1) is 22.1. The predicted octanol–water partition coefficient (Wildman–Crippen LogP) is 4.99. The normalized spacial score (nSPS) is 21.7. The Labute approximate surface area is 283 Å². The minimum atomic E-state index is -3.62. The van der Waals surface area contributed by atoms with Gasteiger partial charge in [0.15, 0.2) is 12.4 Å². The quantitative estimate of drug-likeness (QED) is 0.234. The molecule has 1 aromatic heterocycles. The molecule has 2 amide bonds. The summed E-state index contributed by atoms with van der Waals surface area (Å²) in [5.74, 6) is -2.54. The number of hydrogen-bond donors (Lipinski definition) is 2. The molecule has 5 rings (SSSR count). The number of fused-ring (bicyclic) bond motifs is 1. The van der Waals surface area contributed by atoms with Gasteiger partial charge in [0.05, 0.1) is 18.2 Å². The molecule has 0 radical (unpaired) electrons. The summed E-state index contributed by atoms with van der Waals surface area (Å²) >= 11 is 13.0. The zero-order valence-electron chi connectivity index (χ0n) is 26.4. The summed E-state index contributed by atoms with van der Waals surface area (Å²) < 4.78 is 34.2. The summed E-state index contributed by atoms with van der Waals surface area (Å²) in [6.45, 7) is 5.01. The standard InChI is InChI=1S/C32H37Cl2N5O7S/c1-32(2,3)46-31(42)25-15-16-38(35-25)18-45-36-29(40)27-20-9-5-6-10-21(20)30(41)39(28(27)22-14-13-19(33)17-23(22)34)26-12-8-7-11-24(26)37-47(4,43)44/h5-6,9-10,13-17,24,26-28,37H,7-8,11-12,18H2,1-4H3,(H,36,40)/t24-,26-,27+,28-/m0/s1. The molecule has 15 heteroatoms. The number of hydrogen-bond acceptors (Lipinski definition) is 8. The summed E-state index contributed by atoms with van der Waals surface area (Å²) in [6, 6.07) is 11.0. The van der Waals surface area contributed by atoms with Gasteiger partial charge in [-0.3, -0.25) is 14.4 Å². The summed E-state index contributed by atoms with van der Waals surface area (Å²) in [6.07, 6.45) is 5.15. The molecule has 2 aliphatic rings. The molecule has 2 heterocycles. The molecule has 1 saturated carbocycles. The first-order valence-electron chi connectivity index (χ1n) is 15.2. The lowest BCUT2D eigenvalue weighted by atomic mass is 9.76. The third kappa shape index (κ3) is 8.15. The maximum atomic E-state index is 14.4. The lowest BCUT2D eigenvalue weighted by Gasteiger charge is -2.49. The third-order valence-electron chi connectivity index (χ3n) is 8.01. The first-order valence-corrected chi connectivity index (χ1v) is 17.8. The van der Waals surface area contributed by atoms with Gasteiger partial charge < -0.3 is 9.64 Å². The molecule has 0 spiro atoms. The van der Waals surface area contributed by atoms with Gasteiger partial charge in [-0.25, -0.2) is 28.1 Å². The third-order valence-corrected chi connectivity index (χ3v) is 9.30. The molecular weight excluding hydrogens is 669 g/mol. The minimum absolute atomic E-state index is 0.0763. The van der Waals surface area contributed by atoms with Crippen molar-refractivity contribution >= 4 is 51.0 Å². The molecule has 47 heavy (non-hydrogen) atoms. The fourth-order valence-corrected chi connectivity index (χ4v) is 7.58. The summed E-state index contributed by atoms with van der Waals surface area (Å²) in [4.78, 5) is 48.1. The highest BCUT2D eigenvalue weighted by molar-refractivity contribution is 7.88. The summed E-state index contributed by atoms with van der Waals surface area (Å²) in [5.41, 5.74) is 3.12. The SMILES string of the molecule is CC(C)(C)OC(=O)c1ccn(CONC(=O)[C@@H]2c3ccccc3C(=O)N([C@H]3CCCC[C@@H]3NS(C)(=O)=O)[C@H]2c2ccc(Cl)cc2Cl)n1. The van der Waals surface area contributed by atoms with Gasteiger partial charge in [-0.05, 0) is 69.0 Å². The Balaban J connectivity index is 1.49. The highest BCUT2D eigenvalue weighted by atomic mass is 35.5. The summed E-state index contributed by atoms with van der Waals surface area (Å²) in [5, 5.41) is 4.78. The van der Waals surface area contributed by atoms with E-state index in [0.29, 0.717) is 34.6 Å². The number of ether oxygens (including phenoxy) is 1. The smallest absolute Gasteiger partial charge is 0.359 e. The second-order valence-electron chi connectivity index (χ2n) is 12.7. The molecule has 2 N–H and O–H groups in total. The van der Waals surface area contributed by atoms with Crippen LogP contribution in [0, 0.1) is 0 Å². The average Bonchev–Trinajstić information content (AvgIpc) is 3.45. The Morgan fingerprint density at radius 1 is 1.04 bits per heavy atom. The number of carbonyl (C=O) groups excluding carboxylic acids is 3. The van der Waals surface area contributed by atoms with Crippen LogP contribution >= 0.6 is 23.2 Å². The molecule has 3 aromatic rings. The Bertz CT molecular complexity index is 1770. The molecule has 4 atom stereocenters. The minimum Gasteiger partial charge on any atom is -0.455 e. The Hall–Kier alpha value is -3.49. The van der Waals surface area contributed by atoms with Gasteiger partial charge in [0.25, 0.3) is 11.8 Å². The van der Waals surface area contributed by atoms with Gasteiger partial charge in [0, 0.05) is 33.9 Å². The molecule has 12 nitrogen and oxygen atoms in total. The van der Waals surface area contributed by atoms with Gasteiger partial charge in [-0.15, -0.1) is 0 Å². The van der Waals surface area contributed by atoms with E-state index in [1.165, 1.54) is 16.9 Å². The number of hydroxylamine groups is 1. The summed E-state index contributed by atoms with van der Waals surface area (Å²) in [7, 11) is -3.62. The number of halogens is 2. The topological polar surface area (TPSA) is 149 Å². The van der Waals surface area contributed by atoms with Crippen LogP contribution in [0.15, 0.2) is 54.7 Å². The Morgan fingerprint density at radius 2 is 1.77 bits per heavy atom. The van der Waals surface area contributed by atoms with Crippen LogP contribution in [0.4, 0.5) is 0 Å². The second kappa shape index (κ2) is 13.9. The van der Waals surface area contributed by atoms with Gasteiger partial charge in [0.2, 0.25) is 10.0 Å². The highest BCUT2D eigenvalue weighted by Gasteiger charge is 2.49. The molecular formula is C32H37Cl2N5O7S. The molecule has 0 unspecified atom stereocenters. The number of nitrogens with one attached hydrogen (secondary N) is 2. The van der Waals surface area contributed by atoms with E-state index in [-0.39, 0.29) is 23.4 Å². The van der Waals surface area contributed by atoms with Crippen molar-refractivity contribution in [2.75, 3.05) is 6.26 Å². The van der Waals surface area contributed by atoms with E-state index in [0.717, 1.165) is 19.1 Å². The van der Waals surface area contributed by atoms with Crippen LogP contribution in [0.25, 0.3) is 0 Å². The van der Waals surface area contributed by atoms with Gasteiger partial charge in [-0.1, -0.05) is 60.3 Å². The van der Waals surface area contributed by atoms with E-state index < -0.39 is 51.5 Å². The van der Waals surface area contributed by atoms with Crippen LogP contribution in [-0.2, 0) is 31.1 Å². The molecule has 1 fully saturated rings. The van der Waals surface area contributed by atoms with E-state index >= 15 is 0 Å². The van der Waals surface area contributed by atoms with Crippen molar-refractivity contribution in [3.63, 3.8) is 0 Å². The molecule has 252 valence electrons. The van der Waals surface area contributed by atoms with E-state index in [2.05, 4.69) is 15.3 Å². The number of amides is 2. The van der Waals surface area contributed by atoms with Crippen molar-refractivity contribution in [1.82, 2.24) is 24.9 Å². The maximum Gasteiger partial charge on any atom is 0.359 e. The maximum absolute atomic E-state index is 14.4. The molecule has 0 bridgehead atoms. The van der Waals surface area contributed by atoms with E-state index in [9.17, 15) is 22.8 Å². The molecule has 1 aliphatic heterocycles. The fourth-order valence-electron chi connectivity index (χ4n) is 6.23. The first kappa shape index (κ1) is 34.8. The van der Waals surface area contributed by atoms with E-state index in [1.807, 2.05) is 0 Å². The van der Waals surface area contributed by atoms with Crippen molar-refractivity contribution in [2.24, 2.45) is 0 Å².